The summed E-state index contributed by atoms with van der Waals surface area (Å²) in [7, 11) is 0. The summed E-state index contributed by atoms with van der Waals surface area (Å²) in [6, 6.07) is 5.84. The molecule has 0 aliphatic carbocycles. The molecule has 1 heterocycles. The van der Waals surface area contributed by atoms with E-state index in [0.29, 0.717) is 18.7 Å². The number of rotatable bonds is 4. The quantitative estimate of drug-likeness (QED) is 0.941. The van der Waals surface area contributed by atoms with Gasteiger partial charge >= 0.3 is 0 Å². The highest BCUT2D eigenvalue weighted by Gasteiger charge is 2.06. The van der Waals surface area contributed by atoms with E-state index in [9.17, 15) is 4.79 Å². The second-order valence-electron chi connectivity index (χ2n) is 4.55. The minimum atomic E-state index is -0.0435. The fraction of sp³-hybridized carbons (Fsp3) is 0.286. The van der Waals surface area contributed by atoms with E-state index >= 15 is 0 Å². The highest BCUT2D eigenvalue weighted by Crippen LogP contribution is 2.09. The van der Waals surface area contributed by atoms with Gasteiger partial charge in [0.1, 0.15) is 0 Å². The van der Waals surface area contributed by atoms with Crippen molar-refractivity contribution in [3.8, 4) is 0 Å². The highest BCUT2D eigenvalue weighted by atomic mass is 79.9. The number of nitrogens with one attached hydrogen (secondary N) is 1. The molecule has 0 saturated heterocycles. The van der Waals surface area contributed by atoms with Gasteiger partial charge in [-0.25, -0.2) is 0 Å². The first-order chi connectivity index (χ1) is 9.04. The number of hydrogen-bond acceptors (Lipinski definition) is 2. The molecular formula is C14H16BrN3O. The van der Waals surface area contributed by atoms with Crippen molar-refractivity contribution >= 4 is 21.8 Å². The van der Waals surface area contributed by atoms with Gasteiger partial charge in [-0.2, -0.15) is 5.10 Å². The topological polar surface area (TPSA) is 46.9 Å². The number of halogens is 1. The number of amides is 1. The number of aryl methyl sites for hydroxylation is 2. The molecule has 19 heavy (non-hydrogen) atoms. The van der Waals surface area contributed by atoms with Gasteiger partial charge in [-0.15, -0.1) is 0 Å². The van der Waals surface area contributed by atoms with Crippen LogP contribution < -0.4 is 5.32 Å². The standard InChI is InChI=1S/C14H16BrN3O/c1-10-5-11(2)7-12(6-10)14(19)16-3-4-18-9-13(15)8-17-18/h5-9H,3-4H2,1-2H3,(H,16,19). The van der Waals surface area contributed by atoms with Crippen molar-refractivity contribution in [2.75, 3.05) is 6.54 Å². The number of carbonyl (C=O) groups is 1. The van der Waals surface area contributed by atoms with Gasteiger partial charge in [-0.3, -0.25) is 9.48 Å². The Morgan fingerprint density at radius 1 is 1.32 bits per heavy atom. The molecule has 5 heteroatoms. The Hall–Kier alpha value is -1.62. The number of benzene rings is 1. The number of hydrogen-bond donors (Lipinski definition) is 1. The Kier molecular flexibility index (Phi) is 4.37. The van der Waals surface area contributed by atoms with Crippen molar-refractivity contribution in [2.24, 2.45) is 0 Å². The lowest BCUT2D eigenvalue weighted by Crippen LogP contribution is -2.27. The minimum Gasteiger partial charge on any atom is -0.350 e. The van der Waals surface area contributed by atoms with Gasteiger partial charge in [-0.05, 0) is 41.9 Å². The first kappa shape index (κ1) is 13.8. The van der Waals surface area contributed by atoms with Crippen molar-refractivity contribution in [1.82, 2.24) is 15.1 Å². The average molecular weight is 322 g/mol. The molecule has 4 nitrogen and oxygen atoms in total. The summed E-state index contributed by atoms with van der Waals surface area (Å²) in [5, 5.41) is 7.03. The number of aromatic nitrogens is 2. The van der Waals surface area contributed by atoms with E-state index in [1.165, 1.54) is 0 Å². The summed E-state index contributed by atoms with van der Waals surface area (Å²) in [5.41, 5.74) is 2.90. The third-order valence-electron chi connectivity index (χ3n) is 2.71. The summed E-state index contributed by atoms with van der Waals surface area (Å²) in [4.78, 5) is 12.0. The summed E-state index contributed by atoms with van der Waals surface area (Å²) in [6.45, 7) is 5.19. The molecule has 1 N–H and O–H groups in total. The van der Waals surface area contributed by atoms with Crippen molar-refractivity contribution in [3.63, 3.8) is 0 Å². The monoisotopic (exact) mass is 321 g/mol. The molecule has 2 aromatic rings. The predicted molar refractivity (Wildman–Crippen MR) is 78.2 cm³/mol. The van der Waals surface area contributed by atoms with E-state index in [0.717, 1.165) is 15.6 Å². The van der Waals surface area contributed by atoms with Crippen LogP contribution in [0.2, 0.25) is 0 Å². The van der Waals surface area contributed by atoms with Crippen molar-refractivity contribution in [2.45, 2.75) is 20.4 Å². The van der Waals surface area contributed by atoms with Crippen LogP contribution in [0.3, 0.4) is 0 Å². The van der Waals surface area contributed by atoms with Crippen LogP contribution in [0.5, 0.6) is 0 Å². The Bertz CT molecular complexity index is 572. The molecule has 1 amide bonds. The lowest BCUT2D eigenvalue weighted by atomic mass is 10.1. The molecule has 0 radical (unpaired) electrons. The fourth-order valence-electron chi connectivity index (χ4n) is 1.95. The van der Waals surface area contributed by atoms with Crippen LogP contribution in [-0.2, 0) is 6.54 Å². The maximum atomic E-state index is 12.0. The summed E-state index contributed by atoms with van der Waals surface area (Å²) in [6.07, 6.45) is 3.61. The van der Waals surface area contributed by atoms with Crippen LogP contribution in [0.1, 0.15) is 21.5 Å². The first-order valence-corrected chi connectivity index (χ1v) is 6.88. The number of carbonyl (C=O) groups excluding carboxylic acids is 1. The molecular weight excluding hydrogens is 306 g/mol. The predicted octanol–water partition coefficient (Wildman–Crippen LogP) is 2.69. The summed E-state index contributed by atoms with van der Waals surface area (Å²) < 4.78 is 2.72. The number of nitrogens with zero attached hydrogens (tertiary/aromatic N) is 2. The van der Waals surface area contributed by atoms with Gasteiger partial charge in [0.25, 0.3) is 5.91 Å². The lowest BCUT2D eigenvalue weighted by molar-refractivity contribution is 0.0951. The third-order valence-corrected chi connectivity index (χ3v) is 3.12. The second kappa shape index (κ2) is 6.02. The molecule has 1 aromatic heterocycles. The first-order valence-electron chi connectivity index (χ1n) is 6.09. The highest BCUT2D eigenvalue weighted by molar-refractivity contribution is 9.10. The van der Waals surface area contributed by atoms with Gasteiger partial charge in [-0.1, -0.05) is 17.2 Å². The van der Waals surface area contributed by atoms with E-state index < -0.39 is 0 Å². The minimum absolute atomic E-state index is 0.0435. The zero-order valence-corrected chi connectivity index (χ0v) is 12.6. The summed E-state index contributed by atoms with van der Waals surface area (Å²) >= 11 is 3.33. The molecule has 0 bridgehead atoms. The Morgan fingerprint density at radius 2 is 2.00 bits per heavy atom. The van der Waals surface area contributed by atoms with Crippen LogP contribution in [0.25, 0.3) is 0 Å². The zero-order chi connectivity index (χ0) is 13.8. The van der Waals surface area contributed by atoms with Crippen LogP contribution >= 0.6 is 15.9 Å². The molecule has 2 rings (SSSR count). The zero-order valence-electron chi connectivity index (χ0n) is 11.0. The van der Waals surface area contributed by atoms with Crippen LogP contribution in [0.4, 0.5) is 0 Å². The molecule has 0 aliphatic rings. The van der Waals surface area contributed by atoms with Gasteiger partial charge in [0.05, 0.1) is 17.2 Å². The largest absolute Gasteiger partial charge is 0.350 e. The van der Waals surface area contributed by atoms with E-state index in [-0.39, 0.29) is 5.91 Å². The fourth-order valence-corrected chi connectivity index (χ4v) is 2.28. The molecule has 0 aliphatic heterocycles. The normalized spacial score (nSPS) is 10.5. The van der Waals surface area contributed by atoms with Crippen molar-refractivity contribution in [1.29, 1.82) is 0 Å². The third kappa shape index (κ3) is 3.92. The maximum Gasteiger partial charge on any atom is 0.251 e. The van der Waals surface area contributed by atoms with Crippen LogP contribution in [-0.4, -0.2) is 22.2 Å². The van der Waals surface area contributed by atoms with Crippen LogP contribution in [0.15, 0.2) is 35.1 Å². The van der Waals surface area contributed by atoms with E-state index in [2.05, 4.69) is 32.4 Å². The van der Waals surface area contributed by atoms with E-state index in [4.69, 9.17) is 0 Å². The molecule has 0 saturated carbocycles. The van der Waals surface area contributed by atoms with Crippen molar-refractivity contribution < 1.29 is 4.79 Å². The van der Waals surface area contributed by atoms with Gasteiger partial charge in [0.2, 0.25) is 0 Å². The SMILES string of the molecule is Cc1cc(C)cc(C(=O)NCCn2cc(Br)cn2)c1. The second-order valence-corrected chi connectivity index (χ2v) is 5.47. The molecule has 0 spiro atoms. The molecule has 0 fully saturated rings. The Morgan fingerprint density at radius 3 is 2.58 bits per heavy atom. The summed E-state index contributed by atoms with van der Waals surface area (Å²) in [5.74, 6) is -0.0435. The molecule has 0 atom stereocenters. The molecule has 1 aromatic carbocycles. The van der Waals surface area contributed by atoms with Gasteiger partial charge in [0, 0.05) is 18.3 Å². The van der Waals surface area contributed by atoms with Gasteiger partial charge < -0.3 is 5.32 Å². The Labute approximate surface area is 120 Å². The van der Waals surface area contributed by atoms with Crippen LogP contribution in [0, 0.1) is 13.8 Å². The van der Waals surface area contributed by atoms with Crippen molar-refractivity contribution in [3.05, 3.63) is 51.8 Å². The van der Waals surface area contributed by atoms with E-state index in [1.54, 1.807) is 10.9 Å². The maximum absolute atomic E-state index is 12.0. The molecule has 0 unspecified atom stereocenters. The lowest BCUT2D eigenvalue weighted by Gasteiger charge is -2.07. The molecule has 100 valence electrons. The Balaban J connectivity index is 1.90. The average Bonchev–Trinajstić information content (AvgIpc) is 2.73. The smallest absolute Gasteiger partial charge is 0.251 e. The van der Waals surface area contributed by atoms with E-state index in [1.807, 2.05) is 32.2 Å². The van der Waals surface area contributed by atoms with Gasteiger partial charge in [0.15, 0.2) is 0 Å².